The Morgan fingerprint density at radius 1 is 1.41 bits per heavy atom. The molecule has 1 aliphatic rings. The minimum absolute atomic E-state index is 0.646. The Labute approximate surface area is 109 Å². The molecule has 0 bridgehead atoms. The Balaban J connectivity index is 2.01. The van der Waals surface area contributed by atoms with E-state index in [0.29, 0.717) is 11.0 Å². The second kappa shape index (κ2) is 4.38. The van der Waals surface area contributed by atoms with Crippen LogP contribution in [0.1, 0.15) is 42.8 Å². The SMILES string of the molecule is CCCc1nc(C2CC2)c(-c2csc(N)n2)s1. The van der Waals surface area contributed by atoms with Crippen molar-refractivity contribution in [3.8, 4) is 10.6 Å². The molecule has 1 saturated carbocycles. The molecule has 0 spiro atoms. The molecular weight excluding hydrogens is 250 g/mol. The second-order valence-electron chi connectivity index (χ2n) is 4.42. The third kappa shape index (κ3) is 2.21. The van der Waals surface area contributed by atoms with Gasteiger partial charge in [0.2, 0.25) is 0 Å². The van der Waals surface area contributed by atoms with Crippen molar-refractivity contribution >= 4 is 27.8 Å². The number of nitrogens with two attached hydrogens (primary N) is 1. The molecule has 3 rings (SSSR count). The Bertz CT molecular complexity index is 526. The number of rotatable bonds is 4. The minimum atomic E-state index is 0.646. The molecule has 1 fully saturated rings. The molecule has 3 nitrogen and oxygen atoms in total. The van der Waals surface area contributed by atoms with Crippen LogP contribution in [0.15, 0.2) is 5.38 Å². The molecule has 1 aliphatic carbocycles. The molecule has 0 atom stereocenters. The number of nitrogen functional groups attached to an aromatic ring is 1. The molecule has 0 aliphatic heterocycles. The molecule has 90 valence electrons. The third-order valence-electron chi connectivity index (χ3n) is 2.88. The maximum atomic E-state index is 5.71. The van der Waals surface area contributed by atoms with Gasteiger partial charge in [0.1, 0.15) is 0 Å². The van der Waals surface area contributed by atoms with Crippen molar-refractivity contribution in [2.45, 2.75) is 38.5 Å². The van der Waals surface area contributed by atoms with Crippen LogP contribution >= 0.6 is 22.7 Å². The number of anilines is 1. The molecule has 0 aromatic carbocycles. The first-order valence-electron chi connectivity index (χ1n) is 5.99. The molecule has 0 unspecified atom stereocenters. The van der Waals surface area contributed by atoms with Crippen molar-refractivity contribution in [3.63, 3.8) is 0 Å². The van der Waals surface area contributed by atoms with E-state index in [1.165, 1.54) is 39.8 Å². The number of hydrogen-bond donors (Lipinski definition) is 1. The lowest BCUT2D eigenvalue weighted by atomic mass is 10.2. The lowest BCUT2D eigenvalue weighted by molar-refractivity contribution is 0.892. The summed E-state index contributed by atoms with van der Waals surface area (Å²) in [5.74, 6) is 0.676. The normalized spacial score (nSPS) is 15.4. The molecule has 2 heterocycles. The van der Waals surface area contributed by atoms with E-state index in [1.807, 2.05) is 5.38 Å². The maximum Gasteiger partial charge on any atom is 0.180 e. The smallest absolute Gasteiger partial charge is 0.180 e. The fourth-order valence-electron chi connectivity index (χ4n) is 1.91. The van der Waals surface area contributed by atoms with E-state index in [-0.39, 0.29) is 0 Å². The average molecular weight is 265 g/mol. The number of hydrogen-bond acceptors (Lipinski definition) is 5. The average Bonchev–Trinajstić information content (AvgIpc) is 2.93. The van der Waals surface area contributed by atoms with Crippen molar-refractivity contribution in [1.29, 1.82) is 0 Å². The van der Waals surface area contributed by atoms with Gasteiger partial charge in [0.15, 0.2) is 5.13 Å². The summed E-state index contributed by atoms with van der Waals surface area (Å²) in [7, 11) is 0. The Kier molecular flexibility index (Phi) is 2.88. The molecule has 5 heteroatoms. The Morgan fingerprint density at radius 3 is 2.82 bits per heavy atom. The quantitative estimate of drug-likeness (QED) is 0.917. The zero-order valence-electron chi connectivity index (χ0n) is 9.77. The standard InChI is InChI=1S/C12H15N3S2/c1-2-3-9-15-10(7-4-5-7)11(17-9)8-6-16-12(13)14-8/h6-7H,2-5H2,1H3,(H2,13,14). The molecule has 0 radical (unpaired) electrons. The van der Waals surface area contributed by atoms with Gasteiger partial charge < -0.3 is 5.73 Å². The molecule has 0 saturated heterocycles. The summed E-state index contributed by atoms with van der Waals surface area (Å²) in [5, 5.41) is 3.94. The summed E-state index contributed by atoms with van der Waals surface area (Å²) in [5.41, 5.74) is 8.00. The van der Waals surface area contributed by atoms with Crippen LogP contribution in [0.25, 0.3) is 10.6 Å². The highest BCUT2D eigenvalue weighted by Gasteiger charge is 2.30. The molecule has 2 aromatic rings. The van der Waals surface area contributed by atoms with Gasteiger partial charge in [0.05, 0.1) is 21.3 Å². The van der Waals surface area contributed by atoms with Crippen LogP contribution in [0.2, 0.25) is 0 Å². The highest BCUT2D eigenvalue weighted by molar-refractivity contribution is 7.16. The van der Waals surface area contributed by atoms with Gasteiger partial charge in [-0.15, -0.1) is 22.7 Å². The summed E-state index contributed by atoms with van der Waals surface area (Å²) < 4.78 is 0. The van der Waals surface area contributed by atoms with Gasteiger partial charge >= 0.3 is 0 Å². The van der Waals surface area contributed by atoms with Gasteiger partial charge in [0.25, 0.3) is 0 Å². The first-order valence-corrected chi connectivity index (χ1v) is 7.68. The van der Waals surface area contributed by atoms with Crippen LogP contribution in [0.4, 0.5) is 5.13 Å². The summed E-state index contributed by atoms with van der Waals surface area (Å²) in [6.07, 6.45) is 4.78. The van der Waals surface area contributed by atoms with E-state index in [4.69, 9.17) is 10.7 Å². The number of aryl methyl sites for hydroxylation is 1. The predicted octanol–water partition coefficient (Wildman–Crippen LogP) is 3.68. The summed E-state index contributed by atoms with van der Waals surface area (Å²) in [6.45, 7) is 2.19. The highest BCUT2D eigenvalue weighted by atomic mass is 32.1. The fraction of sp³-hybridized carbons (Fsp3) is 0.500. The lowest BCUT2D eigenvalue weighted by Gasteiger charge is -1.94. The lowest BCUT2D eigenvalue weighted by Crippen LogP contribution is -1.87. The van der Waals surface area contributed by atoms with E-state index >= 15 is 0 Å². The van der Waals surface area contributed by atoms with Crippen molar-refractivity contribution < 1.29 is 0 Å². The maximum absolute atomic E-state index is 5.71. The van der Waals surface area contributed by atoms with Gasteiger partial charge in [-0.25, -0.2) is 9.97 Å². The largest absolute Gasteiger partial charge is 0.375 e. The molecule has 17 heavy (non-hydrogen) atoms. The predicted molar refractivity (Wildman–Crippen MR) is 73.6 cm³/mol. The molecular formula is C12H15N3S2. The van der Waals surface area contributed by atoms with Gasteiger partial charge in [-0.3, -0.25) is 0 Å². The van der Waals surface area contributed by atoms with Crippen molar-refractivity contribution in [3.05, 3.63) is 16.1 Å². The monoisotopic (exact) mass is 265 g/mol. The third-order valence-corrected chi connectivity index (χ3v) is 4.71. The number of nitrogens with zero attached hydrogens (tertiary/aromatic N) is 2. The highest BCUT2D eigenvalue weighted by Crippen LogP contribution is 2.46. The Morgan fingerprint density at radius 2 is 2.24 bits per heavy atom. The van der Waals surface area contributed by atoms with Crippen LogP contribution in [-0.4, -0.2) is 9.97 Å². The minimum Gasteiger partial charge on any atom is -0.375 e. The first kappa shape index (κ1) is 11.2. The van der Waals surface area contributed by atoms with Gasteiger partial charge in [-0.2, -0.15) is 0 Å². The molecule has 2 aromatic heterocycles. The number of thiazole rings is 2. The molecule has 2 N–H and O–H groups in total. The van der Waals surface area contributed by atoms with Crippen LogP contribution in [0.3, 0.4) is 0 Å². The van der Waals surface area contributed by atoms with Crippen LogP contribution in [0, 0.1) is 0 Å². The van der Waals surface area contributed by atoms with Crippen molar-refractivity contribution in [1.82, 2.24) is 9.97 Å². The summed E-state index contributed by atoms with van der Waals surface area (Å²) in [6, 6.07) is 0. The molecule has 0 amide bonds. The first-order chi connectivity index (χ1) is 8.28. The van der Waals surface area contributed by atoms with Crippen LogP contribution in [0.5, 0.6) is 0 Å². The Hall–Kier alpha value is -0.940. The van der Waals surface area contributed by atoms with E-state index in [2.05, 4.69) is 11.9 Å². The van der Waals surface area contributed by atoms with E-state index in [9.17, 15) is 0 Å². The van der Waals surface area contributed by atoms with E-state index < -0.39 is 0 Å². The van der Waals surface area contributed by atoms with Gasteiger partial charge in [-0.05, 0) is 25.7 Å². The van der Waals surface area contributed by atoms with Crippen LogP contribution < -0.4 is 5.73 Å². The fourth-order valence-corrected chi connectivity index (χ4v) is 3.75. The topological polar surface area (TPSA) is 51.8 Å². The van der Waals surface area contributed by atoms with Gasteiger partial charge in [-0.1, -0.05) is 6.92 Å². The summed E-state index contributed by atoms with van der Waals surface area (Å²) >= 11 is 3.30. The van der Waals surface area contributed by atoms with Gasteiger partial charge in [0, 0.05) is 11.3 Å². The van der Waals surface area contributed by atoms with Crippen LogP contribution in [-0.2, 0) is 6.42 Å². The zero-order valence-corrected chi connectivity index (χ0v) is 11.4. The van der Waals surface area contributed by atoms with Crippen molar-refractivity contribution in [2.24, 2.45) is 0 Å². The number of aromatic nitrogens is 2. The van der Waals surface area contributed by atoms with Crippen molar-refractivity contribution in [2.75, 3.05) is 5.73 Å². The summed E-state index contributed by atoms with van der Waals surface area (Å²) in [4.78, 5) is 10.4. The van der Waals surface area contributed by atoms with E-state index in [1.54, 1.807) is 11.3 Å². The zero-order chi connectivity index (χ0) is 11.8. The van der Waals surface area contributed by atoms with E-state index in [0.717, 1.165) is 18.5 Å². The second-order valence-corrected chi connectivity index (χ2v) is 6.39.